The van der Waals surface area contributed by atoms with Gasteiger partial charge in [-0.05, 0) is 48.4 Å². The number of aromatic nitrogens is 1. The first-order valence-electron chi connectivity index (χ1n) is 12.7. The van der Waals surface area contributed by atoms with Crippen molar-refractivity contribution in [1.29, 1.82) is 0 Å². The smallest absolute Gasteiger partial charge is 0.258 e. The van der Waals surface area contributed by atoms with E-state index in [1.807, 2.05) is 22.8 Å². The van der Waals surface area contributed by atoms with Crippen LogP contribution in [-0.2, 0) is 6.54 Å². The number of pyridine rings is 1. The number of aryl methyl sites for hydroxylation is 1. The van der Waals surface area contributed by atoms with Crippen molar-refractivity contribution >= 4 is 38.1 Å². The molecule has 4 heteroatoms. The van der Waals surface area contributed by atoms with E-state index in [9.17, 15) is 4.79 Å². The molecule has 0 saturated carbocycles. The molecule has 0 N–H and O–H groups in total. The number of unbranched alkanes of at least 4 members (excludes halogenated alkanes) is 1. The van der Waals surface area contributed by atoms with Gasteiger partial charge < -0.3 is 9.47 Å². The van der Waals surface area contributed by atoms with Gasteiger partial charge in [0.2, 0.25) is 0 Å². The van der Waals surface area contributed by atoms with Gasteiger partial charge in [0.15, 0.2) is 0 Å². The van der Waals surface area contributed by atoms with Crippen LogP contribution < -0.4 is 10.5 Å². The molecule has 1 saturated heterocycles. The number of hydrogen-bond donors (Lipinski definition) is 0. The first kappa shape index (κ1) is 21.9. The molecule has 1 aliphatic rings. The number of rotatable bonds is 6. The lowest BCUT2D eigenvalue weighted by molar-refractivity contribution is 0.251. The summed E-state index contributed by atoms with van der Waals surface area (Å²) in [6.07, 6.45) is 2.09. The van der Waals surface area contributed by atoms with Crippen molar-refractivity contribution in [3.63, 3.8) is 0 Å². The fourth-order valence-electron chi connectivity index (χ4n) is 5.60. The molecule has 35 heavy (non-hydrogen) atoms. The zero-order chi connectivity index (χ0) is 23.6. The SMILES string of the molecule is O=c1c2ccccc2c2ccc3ccccc3c2n1CCCCN1CCN(c2ccccc2)CC1. The molecular formula is C31H31N3O. The second-order valence-corrected chi connectivity index (χ2v) is 9.56. The lowest BCUT2D eigenvalue weighted by atomic mass is 10.0. The van der Waals surface area contributed by atoms with Crippen LogP contribution in [0.2, 0.25) is 0 Å². The molecule has 4 nitrogen and oxygen atoms in total. The zero-order valence-electron chi connectivity index (χ0n) is 20.1. The van der Waals surface area contributed by atoms with Crippen molar-refractivity contribution in [2.45, 2.75) is 19.4 Å². The van der Waals surface area contributed by atoms with Crippen molar-refractivity contribution in [3.8, 4) is 0 Å². The summed E-state index contributed by atoms with van der Waals surface area (Å²) in [7, 11) is 0. The lowest BCUT2D eigenvalue weighted by Crippen LogP contribution is -2.46. The fraction of sp³-hybridized carbons (Fsp3) is 0.258. The Morgan fingerprint density at radius 2 is 1.23 bits per heavy atom. The highest BCUT2D eigenvalue weighted by Crippen LogP contribution is 2.29. The molecule has 2 heterocycles. The summed E-state index contributed by atoms with van der Waals surface area (Å²) in [5.74, 6) is 0. The Morgan fingerprint density at radius 1 is 0.571 bits per heavy atom. The molecule has 6 rings (SSSR count). The Labute approximate surface area is 206 Å². The van der Waals surface area contributed by atoms with Gasteiger partial charge >= 0.3 is 0 Å². The highest BCUT2D eigenvalue weighted by atomic mass is 16.1. The van der Waals surface area contributed by atoms with Gasteiger partial charge in [-0.1, -0.05) is 72.8 Å². The number of fused-ring (bicyclic) bond motifs is 5. The standard InChI is InChI=1S/C31H31N3O/c35-31-29-15-7-6-14-27(29)28-17-16-24-10-4-5-13-26(24)30(28)34(31)19-9-8-18-32-20-22-33(23-21-32)25-11-2-1-3-12-25/h1-7,10-17H,8-9,18-23H2. The van der Waals surface area contributed by atoms with E-state index in [1.165, 1.54) is 11.1 Å². The van der Waals surface area contributed by atoms with E-state index in [0.717, 1.165) is 79.2 Å². The number of nitrogens with zero attached hydrogens (tertiary/aromatic N) is 3. The van der Waals surface area contributed by atoms with Gasteiger partial charge in [-0.2, -0.15) is 0 Å². The molecule has 0 unspecified atom stereocenters. The third kappa shape index (κ3) is 4.19. The average molecular weight is 462 g/mol. The zero-order valence-corrected chi connectivity index (χ0v) is 20.1. The highest BCUT2D eigenvalue weighted by Gasteiger charge is 2.17. The molecule has 176 valence electrons. The summed E-state index contributed by atoms with van der Waals surface area (Å²) in [6.45, 7) is 6.17. The molecule has 1 aliphatic heterocycles. The Morgan fingerprint density at radius 3 is 2.03 bits per heavy atom. The highest BCUT2D eigenvalue weighted by molar-refractivity contribution is 6.15. The minimum atomic E-state index is 0.126. The maximum absolute atomic E-state index is 13.6. The Kier molecular flexibility index (Phi) is 5.97. The van der Waals surface area contributed by atoms with Gasteiger partial charge in [0, 0.05) is 54.6 Å². The van der Waals surface area contributed by atoms with E-state index in [2.05, 4.69) is 82.6 Å². The van der Waals surface area contributed by atoms with Crippen LogP contribution in [0.1, 0.15) is 12.8 Å². The quantitative estimate of drug-likeness (QED) is 0.232. The van der Waals surface area contributed by atoms with Crippen LogP contribution in [0.5, 0.6) is 0 Å². The Hall–Kier alpha value is -3.63. The first-order valence-corrected chi connectivity index (χ1v) is 12.7. The van der Waals surface area contributed by atoms with Crippen molar-refractivity contribution < 1.29 is 0 Å². The second-order valence-electron chi connectivity index (χ2n) is 9.56. The van der Waals surface area contributed by atoms with Crippen LogP contribution in [0.3, 0.4) is 0 Å². The first-order chi connectivity index (χ1) is 17.3. The topological polar surface area (TPSA) is 28.5 Å². The van der Waals surface area contributed by atoms with Gasteiger partial charge in [-0.15, -0.1) is 0 Å². The van der Waals surface area contributed by atoms with Gasteiger partial charge in [0.1, 0.15) is 0 Å². The van der Waals surface area contributed by atoms with Gasteiger partial charge in [-0.25, -0.2) is 0 Å². The van der Waals surface area contributed by atoms with Gasteiger partial charge in [-0.3, -0.25) is 9.69 Å². The monoisotopic (exact) mass is 461 g/mol. The average Bonchev–Trinajstić information content (AvgIpc) is 2.93. The molecular weight excluding hydrogens is 430 g/mol. The molecule has 4 aromatic carbocycles. The minimum absolute atomic E-state index is 0.126. The van der Waals surface area contributed by atoms with Crippen LogP contribution in [0.25, 0.3) is 32.4 Å². The molecule has 1 fully saturated rings. The van der Waals surface area contributed by atoms with Crippen molar-refractivity contribution in [3.05, 3.63) is 101 Å². The largest absolute Gasteiger partial charge is 0.369 e. The van der Waals surface area contributed by atoms with Crippen LogP contribution in [0.15, 0.2) is 95.8 Å². The van der Waals surface area contributed by atoms with Gasteiger partial charge in [0.25, 0.3) is 5.56 Å². The number of benzene rings is 4. The summed E-state index contributed by atoms with van der Waals surface area (Å²) in [4.78, 5) is 18.6. The Balaban J connectivity index is 1.20. The predicted octanol–water partition coefficient (Wildman–Crippen LogP) is 5.91. The summed E-state index contributed by atoms with van der Waals surface area (Å²) in [5, 5.41) is 5.36. The van der Waals surface area contributed by atoms with E-state index >= 15 is 0 Å². The van der Waals surface area contributed by atoms with Gasteiger partial charge in [0.05, 0.1) is 5.52 Å². The predicted molar refractivity (Wildman–Crippen MR) is 148 cm³/mol. The Bertz CT molecular complexity index is 1530. The summed E-state index contributed by atoms with van der Waals surface area (Å²) in [5.41, 5.74) is 2.52. The van der Waals surface area contributed by atoms with Crippen LogP contribution in [0, 0.1) is 0 Å². The maximum Gasteiger partial charge on any atom is 0.258 e. The van der Waals surface area contributed by atoms with E-state index in [4.69, 9.17) is 0 Å². The molecule has 0 bridgehead atoms. The second kappa shape index (κ2) is 9.55. The fourth-order valence-corrected chi connectivity index (χ4v) is 5.60. The van der Waals surface area contributed by atoms with Crippen molar-refractivity contribution in [1.82, 2.24) is 9.47 Å². The van der Waals surface area contributed by atoms with Crippen LogP contribution in [0.4, 0.5) is 5.69 Å². The molecule has 0 aliphatic carbocycles. The number of para-hydroxylation sites is 1. The molecule has 0 spiro atoms. The molecule has 1 aromatic heterocycles. The maximum atomic E-state index is 13.6. The van der Waals surface area contributed by atoms with Crippen LogP contribution in [-0.4, -0.2) is 42.2 Å². The molecule has 0 atom stereocenters. The number of anilines is 1. The third-order valence-electron chi connectivity index (χ3n) is 7.46. The summed E-state index contributed by atoms with van der Waals surface area (Å²) < 4.78 is 2.04. The van der Waals surface area contributed by atoms with E-state index in [-0.39, 0.29) is 5.56 Å². The number of piperazine rings is 1. The van der Waals surface area contributed by atoms with E-state index in [1.54, 1.807) is 0 Å². The third-order valence-corrected chi connectivity index (χ3v) is 7.46. The lowest BCUT2D eigenvalue weighted by Gasteiger charge is -2.36. The van der Waals surface area contributed by atoms with Crippen LogP contribution >= 0.6 is 0 Å². The summed E-state index contributed by atoms with van der Waals surface area (Å²) in [6, 6.07) is 31.5. The van der Waals surface area contributed by atoms with Crippen molar-refractivity contribution in [2.24, 2.45) is 0 Å². The van der Waals surface area contributed by atoms with E-state index < -0.39 is 0 Å². The molecule has 5 aromatic rings. The molecule has 0 radical (unpaired) electrons. The summed E-state index contributed by atoms with van der Waals surface area (Å²) >= 11 is 0. The normalized spacial score (nSPS) is 14.8. The number of hydrogen-bond acceptors (Lipinski definition) is 3. The van der Waals surface area contributed by atoms with Crippen molar-refractivity contribution in [2.75, 3.05) is 37.6 Å². The minimum Gasteiger partial charge on any atom is -0.369 e. The molecule has 0 amide bonds. The van der Waals surface area contributed by atoms with E-state index in [0.29, 0.717) is 0 Å².